The summed E-state index contributed by atoms with van der Waals surface area (Å²) in [4.78, 5) is 18.9. The number of hydrogen-bond acceptors (Lipinski definition) is 5. The van der Waals surface area contributed by atoms with Crippen LogP contribution in [0.2, 0.25) is 5.02 Å². The predicted molar refractivity (Wildman–Crippen MR) is 99.4 cm³/mol. The van der Waals surface area contributed by atoms with Gasteiger partial charge in [-0.25, -0.2) is 9.78 Å². The van der Waals surface area contributed by atoms with Crippen LogP contribution in [0.1, 0.15) is 34.2 Å². The number of benzene rings is 2. The Morgan fingerprint density at radius 2 is 2.12 bits per heavy atom. The van der Waals surface area contributed by atoms with Crippen LogP contribution in [0.4, 0.5) is 0 Å². The molecule has 0 bridgehead atoms. The summed E-state index contributed by atoms with van der Waals surface area (Å²) >= 11 is 5.95. The largest absolute Gasteiger partial charge is 0.465 e. The van der Waals surface area contributed by atoms with Gasteiger partial charge in [-0.3, -0.25) is 4.90 Å². The van der Waals surface area contributed by atoms with E-state index in [2.05, 4.69) is 22.0 Å². The van der Waals surface area contributed by atoms with Crippen molar-refractivity contribution in [3.05, 3.63) is 64.5 Å². The summed E-state index contributed by atoms with van der Waals surface area (Å²) in [7, 11) is 1.37. The molecule has 1 aliphatic heterocycles. The second kappa shape index (κ2) is 7.09. The highest BCUT2D eigenvalue weighted by Crippen LogP contribution is 2.31. The maximum atomic E-state index is 11.9. The zero-order chi connectivity index (χ0) is 18.1. The van der Waals surface area contributed by atoms with E-state index < -0.39 is 5.97 Å². The number of carbonyl (C=O) groups excluding carboxylic acids is 1. The average Bonchev–Trinajstić information content (AvgIpc) is 3.29. The minimum atomic E-state index is -0.408. The summed E-state index contributed by atoms with van der Waals surface area (Å²) in [5, 5.41) is 0.751. The van der Waals surface area contributed by atoms with E-state index in [0.29, 0.717) is 22.6 Å². The van der Waals surface area contributed by atoms with Crippen molar-refractivity contribution in [2.24, 2.45) is 0 Å². The van der Waals surface area contributed by atoms with E-state index >= 15 is 0 Å². The summed E-state index contributed by atoms with van der Waals surface area (Å²) in [5.41, 5.74) is 2.85. The minimum Gasteiger partial charge on any atom is -0.465 e. The molecule has 0 saturated carbocycles. The van der Waals surface area contributed by atoms with Crippen LogP contribution in [0.5, 0.6) is 0 Å². The molecule has 6 heteroatoms. The second-order valence-electron chi connectivity index (χ2n) is 6.54. The fourth-order valence-electron chi connectivity index (χ4n) is 3.44. The van der Waals surface area contributed by atoms with Gasteiger partial charge in [0.1, 0.15) is 11.1 Å². The Labute approximate surface area is 156 Å². The first-order chi connectivity index (χ1) is 12.6. The molecule has 1 fully saturated rings. The lowest BCUT2D eigenvalue weighted by atomic mass is 10.1. The molecule has 26 heavy (non-hydrogen) atoms. The molecule has 0 unspecified atom stereocenters. The highest BCUT2D eigenvalue weighted by molar-refractivity contribution is 6.30. The fraction of sp³-hybridized carbons (Fsp3) is 0.300. The van der Waals surface area contributed by atoms with Gasteiger partial charge in [-0.1, -0.05) is 29.8 Å². The standard InChI is InChI=1S/C20H19ClN2O3/c1-25-20(24)16-3-2-4-17-18(16)26-19(22-17)14-9-10-23(12-14)11-13-5-7-15(21)8-6-13/h2-8,14H,9-12H2,1H3/t14-/m1/s1. The maximum absolute atomic E-state index is 11.9. The fourth-order valence-corrected chi connectivity index (χ4v) is 3.56. The Balaban J connectivity index is 1.51. The monoisotopic (exact) mass is 370 g/mol. The van der Waals surface area contributed by atoms with Crippen molar-refractivity contribution in [3.63, 3.8) is 0 Å². The van der Waals surface area contributed by atoms with E-state index in [9.17, 15) is 4.79 Å². The molecule has 0 amide bonds. The first kappa shape index (κ1) is 17.1. The minimum absolute atomic E-state index is 0.222. The van der Waals surface area contributed by atoms with Gasteiger partial charge in [-0.2, -0.15) is 0 Å². The quantitative estimate of drug-likeness (QED) is 0.642. The normalized spacial score (nSPS) is 17.7. The van der Waals surface area contributed by atoms with Crippen molar-refractivity contribution in [1.29, 1.82) is 0 Å². The third-order valence-electron chi connectivity index (χ3n) is 4.78. The van der Waals surface area contributed by atoms with Gasteiger partial charge < -0.3 is 9.15 Å². The first-order valence-corrected chi connectivity index (χ1v) is 8.96. The molecule has 2 aromatic carbocycles. The smallest absolute Gasteiger partial charge is 0.341 e. The maximum Gasteiger partial charge on any atom is 0.341 e. The number of para-hydroxylation sites is 1. The highest BCUT2D eigenvalue weighted by atomic mass is 35.5. The van der Waals surface area contributed by atoms with Crippen molar-refractivity contribution in [3.8, 4) is 0 Å². The number of fused-ring (bicyclic) bond motifs is 1. The molecule has 1 saturated heterocycles. The molecule has 0 aliphatic carbocycles. The van der Waals surface area contributed by atoms with E-state index in [1.54, 1.807) is 12.1 Å². The summed E-state index contributed by atoms with van der Waals surface area (Å²) < 4.78 is 10.8. The molecule has 5 nitrogen and oxygen atoms in total. The lowest BCUT2D eigenvalue weighted by Crippen LogP contribution is -2.19. The molecule has 1 aliphatic rings. The number of likely N-dealkylation sites (tertiary alicyclic amines) is 1. The van der Waals surface area contributed by atoms with E-state index in [1.165, 1.54) is 12.7 Å². The lowest BCUT2D eigenvalue weighted by Gasteiger charge is -2.15. The summed E-state index contributed by atoms with van der Waals surface area (Å²) in [6.45, 7) is 2.74. The number of halogens is 1. The van der Waals surface area contributed by atoms with Gasteiger partial charge in [0.05, 0.1) is 7.11 Å². The molecule has 1 atom stereocenters. The summed E-state index contributed by atoms with van der Waals surface area (Å²) in [6, 6.07) is 13.3. The van der Waals surface area contributed by atoms with Gasteiger partial charge in [0.2, 0.25) is 0 Å². The van der Waals surface area contributed by atoms with Crippen LogP contribution in [-0.4, -0.2) is 36.1 Å². The molecule has 2 heterocycles. The zero-order valence-corrected chi connectivity index (χ0v) is 15.2. The third-order valence-corrected chi connectivity index (χ3v) is 5.03. The van der Waals surface area contributed by atoms with E-state index in [4.69, 9.17) is 20.8 Å². The number of aromatic nitrogens is 1. The number of ether oxygens (including phenoxy) is 1. The molecule has 4 rings (SSSR count). The Morgan fingerprint density at radius 1 is 1.31 bits per heavy atom. The topological polar surface area (TPSA) is 55.6 Å². The number of nitrogens with zero attached hydrogens (tertiary/aromatic N) is 2. The molecule has 0 radical (unpaired) electrons. The third kappa shape index (κ3) is 3.32. The number of hydrogen-bond donors (Lipinski definition) is 0. The number of carbonyl (C=O) groups is 1. The average molecular weight is 371 g/mol. The van der Waals surface area contributed by atoms with Gasteiger partial charge in [0.15, 0.2) is 11.5 Å². The van der Waals surface area contributed by atoms with Gasteiger partial charge in [0, 0.05) is 24.0 Å². The van der Waals surface area contributed by atoms with Crippen LogP contribution in [-0.2, 0) is 11.3 Å². The van der Waals surface area contributed by atoms with Crippen molar-refractivity contribution in [2.75, 3.05) is 20.2 Å². The van der Waals surface area contributed by atoms with E-state index in [0.717, 1.165) is 31.1 Å². The Bertz CT molecular complexity index is 936. The zero-order valence-electron chi connectivity index (χ0n) is 14.4. The molecular formula is C20H19ClN2O3. The Hall–Kier alpha value is -2.37. The number of esters is 1. The number of methoxy groups -OCH3 is 1. The van der Waals surface area contributed by atoms with Crippen LogP contribution in [0, 0.1) is 0 Å². The lowest BCUT2D eigenvalue weighted by molar-refractivity contribution is 0.0601. The SMILES string of the molecule is COC(=O)c1cccc2nc([C@@H]3CCN(Cc4ccc(Cl)cc4)C3)oc12. The molecule has 0 spiro atoms. The Kier molecular flexibility index (Phi) is 4.66. The summed E-state index contributed by atoms with van der Waals surface area (Å²) in [6.07, 6.45) is 0.980. The molecule has 1 aromatic heterocycles. The van der Waals surface area contributed by atoms with Crippen LogP contribution in [0.15, 0.2) is 46.9 Å². The molecular weight excluding hydrogens is 352 g/mol. The molecule has 3 aromatic rings. The van der Waals surface area contributed by atoms with Gasteiger partial charge in [0.25, 0.3) is 0 Å². The van der Waals surface area contributed by atoms with Crippen LogP contribution in [0.25, 0.3) is 11.1 Å². The predicted octanol–water partition coefficient (Wildman–Crippen LogP) is 4.26. The Morgan fingerprint density at radius 3 is 2.88 bits per heavy atom. The summed E-state index contributed by atoms with van der Waals surface area (Å²) in [5.74, 6) is 0.504. The van der Waals surface area contributed by atoms with Crippen molar-refractivity contribution in [2.45, 2.75) is 18.9 Å². The first-order valence-electron chi connectivity index (χ1n) is 8.58. The van der Waals surface area contributed by atoms with Crippen LogP contribution >= 0.6 is 11.6 Å². The van der Waals surface area contributed by atoms with E-state index in [-0.39, 0.29) is 5.92 Å². The number of oxazole rings is 1. The number of rotatable bonds is 4. The van der Waals surface area contributed by atoms with Gasteiger partial charge in [-0.05, 0) is 42.8 Å². The van der Waals surface area contributed by atoms with Crippen LogP contribution < -0.4 is 0 Å². The van der Waals surface area contributed by atoms with Crippen molar-refractivity contribution in [1.82, 2.24) is 9.88 Å². The van der Waals surface area contributed by atoms with Gasteiger partial charge >= 0.3 is 5.97 Å². The molecule has 134 valence electrons. The molecule has 0 N–H and O–H groups in total. The van der Waals surface area contributed by atoms with E-state index in [1.807, 2.05) is 18.2 Å². The van der Waals surface area contributed by atoms with Crippen LogP contribution in [0.3, 0.4) is 0 Å². The highest BCUT2D eigenvalue weighted by Gasteiger charge is 2.28. The second-order valence-corrected chi connectivity index (χ2v) is 6.98. The van der Waals surface area contributed by atoms with Gasteiger partial charge in [-0.15, -0.1) is 0 Å². The van der Waals surface area contributed by atoms with Crippen molar-refractivity contribution < 1.29 is 13.9 Å². The van der Waals surface area contributed by atoms with Crippen molar-refractivity contribution >= 4 is 28.7 Å².